The number of benzene rings is 2. The van der Waals surface area contributed by atoms with Gasteiger partial charge < -0.3 is 16.0 Å². The molecule has 2 aromatic rings. The lowest BCUT2D eigenvalue weighted by molar-refractivity contribution is -0.123. The molecule has 0 saturated heterocycles. The first-order valence-corrected chi connectivity index (χ1v) is 8.07. The molecule has 0 spiro atoms. The van der Waals surface area contributed by atoms with E-state index in [0.29, 0.717) is 6.07 Å². The highest BCUT2D eigenvalue weighted by Crippen LogP contribution is 2.19. The molecule has 0 radical (unpaired) electrons. The van der Waals surface area contributed by atoms with Gasteiger partial charge in [0.1, 0.15) is 11.6 Å². The Kier molecular flexibility index (Phi) is 7.05. The van der Waals surface area contributed by atoms with E-state index in [4.69, 9.17) is 0 Å². The smallest absolute Gasteiger partial charge is 0.243 e. The van der Waals surface area contributed by atoms with Crippen LogP contribution in [-0.2, 0) is 9.59 Å². The van der Waals surface area contributed by atoms with Gasteiger partial charge in [-0.2, -0.15) is 0 Å². The van der Waals surface area contributed by atoms with Crippen LogP contribution in [-0.4, -0.2) is 24.9 Å². The molecule has 0 saturated carbocycles. The molecule has 2 rings (SSSR count). The van der Waals surface area contributed by atoms with E-state index >= 15 is 0 Å². The second-order valence-electron chi connectivity index (χ2n) is 5.82. The number of halogens is 5. The summed E-state index contributed by atoms with van der Waals surface area (Å²) in [5.74, 6) is -7.68. The second-order valence-corrected chi connectivity index (χ2v) is 5.82. The summed E-state index contributed by atoms with van der Waals surface area (Å²) in [6.07, 6.45) is 0. The molecule has 0 aromatic heterocycles. The standard InChI is InChI=1S/C18H16F5N3O2/c1-9(11-3-2-10(19)6-13(11)21)24-7-15(27)25-8-16(28)26-14-5-4-12(20)17(22)18(14)23/h2-6,9,24H,7-8H2,1H3,(H,25,27)(H,26,28)/t9-/m0/s1. The van der Waals surface area contributed by atoms with Crippen LogP contribution in [0.5, 0.6) is 0 Å². The zero-order valence-electron chi connectivity index (χ0n) is 14.6. The molecule has 2 amide bonds. The van der Waals surface area contributed by atoms with Crippen molar-refractivity contribution in [2.45, 2.75) is 13.0 Å². The first-order chi connectivity index (χ1) is 13.2. The number of hydrogen-bond donors (Lipinski definition) is 3. The highest BCUT2D eigenvalue weighted by Gasteiger charge is 2.16. The van der Waals surface area contributed by atoms with Gasteiger partial charge in [0.25, 0.3) is 0 Å². The second kappa shape index (κ2) is 9.27. The fourth-order valence-corrected chi connectivity index (χ4v) is 2.27. The van der Waals surface area contributed by atoms with Gasteiger partial charge in [0.05, 0.1) is 18.8 Å². The lowest BCUT2D eigenvalue weighted by Crippen LogP contribution is -2.39. The third-order valence-corrected chi connectivity index (χ3v) is 3.75. The van der Waals surface area contributed by atoms with Crippen molar-refractivity contribution >= 4 is 17.5 Å². The first kappa shape index (κ1) is 21.3. The summed E-state index contributed by atoms with van der Waals surface area (Å²) in [4.78, 5) is 23.4. The Morgan fingerprint density at radius 2 is 1.61 bits per heavy atom. The monoisotopic (exact) mass is 401 g/mol. The molecule has 0 heterocycles. The van der Waals surface area contributed by atoms with Crippen LogP contribution in [0.25, 0.3) is 0 Å². The van der Waals surface area contributed by atoms with Gasteiger partial charge in [-0.1, -0.05) is 6.07 Å². The molecule has 0 unspecified atom stereocenters. The molecule has 3 N–H and O–H groups in total. The third kappa shape index (κ3) is 5.49. The highest BCUT2D eigenvalue weighted by atomic mass is 19.2. The number of rotatable bonds is 7. The van der Waals surface area contributed by atoms with Crippen LogP contribution < -0.4 is 16.0 Å². The fourth-order valence-electron chi connectivity index (χ4n) is 2.27. The van der Waals surface area contributed by atoms with Gasteiger partial charge in [-0.3, -0.25) is 9.59 Å². The SMILES string of the molecule is C[C@H](NCC(=O)NCC(=O)Nc1ccc(F)c(F)c1F)c1ccc(F)cc1F. The van der Waals surface area contributed by atoms with Crippen LogP contribution in [0.4, 0.5) is 27.6 Å². The summed E-state index contributed by atoms with van der Waals surface area (Å²) in [7, 11) is 0. The number of hydrogen-bond acceptors (Lipinski definition) is 3. The molecule has 0 aliphatic rings. The molecular formula is C18H16F5N3O2. The van der Waals surface area contributed by atoms with Gasteiger partial charge in [-0.25, -0.2) is 22.0 Å². The van der Waals surface area contributed by atoms with E-state index in [1.165, 1.54) is 6.07 Å². The zero-order valence-corrected chi connectivity index (χ0v) is 14.6. The fraction of sp³-hybridized carbons (Fsp3) is 0.222. The van der Waals surface area contributed by atoms with Crippen molar-refractivity contribution in [3.8, 4) is 0 Å². The molecule has 1 atom stereocenters. The normalized spacial score (nSPS) is 11.8. The highest BCUT2D eigenvalue weighted by molar-refractivity contribution is 5.94. The largest absolute Gasteiger partial charge is 0.346 e. The van der Waals surface area contributed by atoms with Crippen molar-refractivity contribution in [2.75, 3.05) is 18.4 Å². The van der Waals surface area contributed by atoms with E-state index in [9.17, 15) is 31.5 Å². The number of anilines is 1. The Bertz CT molecular complexity index is 892. The lowest BCUT2D eigenvalue weighted by Gasteiger charge is -2.15. The average Bonchev–Trinajstić information content (AvgIpc) is 2.65. The maximum atomic E-state index is 13.7. The van der Waals surface area contributed by atoms with Crippen LogP contribution in [0.3, 0.4) is 0 Å². The summed E-state index contributed by atoms with van der Waals surface area (Å²) in [5, 5.41) is 6.92. The van der Waals surface area contributed by atoms with E-state index in [-0.39, 0.29) is 12.1 Å². The van der Waals surface area contributed by atoms with Crippen molar-refractivity contribution in [1.82, 2.24) is 10.6 Å². The minimum Gasteiger partial charge on any atom is -0.346 e. The van der Waals surface area contributed by atoms with Crippen molar-refractivity contribution in [3.63, 3.8) is 0 Å². The Balaban J connectivity index is 1.80. The molecule has 0 aliphatic carbocycles. The molecule has 2 aromatic carbocycles. The summed E-state index contributed by atoms with van der Waals surface area (Å²) < 4.78 is 66.0. The molecule has 0 aliphatic heterocycles. The van der Waals surface area contributed by atoms with Crippen molar-refractivity contribution in [3.05, 3.63) is 65.0 Å². The number of nitrogens with one attached hydrogen (secondary N) is 3. The predicted molar refractivity (Wildman–Crippen MR) is 90.7 cm³/mol. The lowest BCUT2D eigenvalue weighted by atomic mass is 10.1. The van der Waals surface area contributed by atoms with Gasteiger partial charge in [0, 0.05) is 17.7 Å². The van der Waals surface area contributed by atoms with Crippen LogP contribution in [0.1, 0.15) is 18.5 Å². The van der Waals surface area contributed by atoms with Crippen molar-refractivity contribution in [1.29, 1.82) is 0 Å². The number of carbonyl (C=O) groups is 2. The molecule has 10 heteroatoms. The molecule has 28 heavy (non-hydrogen) atoms. The van der Waals surface area contributed by atoms with Gasteiger partial charge in [0.15, 0.2) is 17.5 Å². The Morgan fingerprint density at radius 1 is 0.893 bits per heavy atom. The molecule has 0 fully saturated rings. The van der Waals surface area contributed by atoms with Crippen LogP contribution in [0, 0.1) is 29.1 Å². The van der Waals surface area contributed by atoms with E-state index in [1.807, 2.05) is 5.32 Å². The maximum Gasteiger partial charge on any atom is 0.243 e. The Morgan fingerprint density at radius 3 is 2.29 bits per heavy atom. The number of amides is 2. The van der Waals surface area contributed by atoms with Crippen LogP contribution >= 0.6 is 0 Å². The zero-order chi connectivity index (χ0) is 20.8. The quantitative estimate of drug-likeness (QED) is 0.494. The first-order valence-electron chi connectivity index (χ1n) is 8.07. The molecule has 5 nitrogen and oxygen atoms in total. The van der Waals surface area contributed by atoms with E-state index in [2.05, 4.69) is 10.6 Å². The van der Waals surface area contributed by atoms with Crippen molar-refractivity contribution < 1.29 is 31.5 Å². The van der Waals surface area contributed by atoms with Gasteiger partial charge >= 0.3 is 0 Å². The Labute approximate surface area is 156 Å². The average molecular weight is 401 g/mol. The molecule has 0 bridgehead atoms. The predicted octanol–water partition coefficient (Wildman–Crippen LogP) is 2.79. The topological polar surface area (TPSA) is 70.2 Å². The van der Waals surface area contributed by atoms with Gasteiger partial charge in [-0.15, -0.1) is 0 Å². The van der Waals surface area contributed by atoms with E-state index < -0.39 is 59.2 Å². The summed E-state index contributed by atoms with van der Waals surface area (Å²) in [6.45, 7) is 0.713. The minimum absolute atomic E-state index is 0.153. The van der Waals surface area contributed by atoms with Gasteiger partial charge in [0.2, 0.25) is 11.8 Å². The van der Waals surface area contributed by atoms with Crippen LogP contribution in [0.2, 0.25) is 0 Å². The summed E-state index contributed by atoms with van der Waals surface area (Å²) >= 11 is 0. The maximum absolute atomic E-state index is 13.7. The minimum atomic E-state index is -1.73. The third-order valence-electron chi connectivity index (χ3n) is 3.75. The molecule has 150 valence electrons. The molecular weight excluding hydrogens is 385 g/mol. The van der Waals surface area contributed by atoms with Gasteiger partial charge in [-0.05, 0) is 25.1 Å². The number of carbonyl (C=O) groups excluding carboxylic acids is 2. The van der Waals surface area contributed by atoms with E-state index in [1.54, 1.807) is 6.92 Å². The summed E-state index contributed by atoms with van der Waals surface area (Å²) in [6, 6.07) is 3.91. The summed E-state index contributed by atoms with van der Waals surface area (Å²) in [5.41, 5.74) is -0.419. The Hall–Kier alpha value is -3.01. The van der Waals surface area contributed by atoms with E-state index in [0.717, 1.165) is 18.2 Å². The van der Waals surface area contributed by atoms with Crippen molar-refractivity contribution in [2.24, 2.45) is 0 Å². The van der Waals surface area contributed by atoms with Crippen LogP contribution in [0.15, 0.2) is 30.3 Å².